The van der Waals surface area contributed by atoms with Crippen molar-refractivity contribution >= 4 is 35.8 Å². The average Bonchev–Trinajstić information content (AvgIpc) is 2.77. The Morgan fingerprint density at radius 2 is 1.77 bits per heavy atom. The van der Waals surface area contributed by atoms with E-state index in [0.29, 0.717) is 18.6 Å². The molecule has 1 aromatic rings. The number of ether oxygens (including phenoxy) is 2. The molecule has 2 rings (SSSR count). The van der Waals surface area contributed by atoms with Crippen molar-refractivity contribution in [3.63, 3.8) is 0 Å². The molecule has 0 saturated heterocycles. The number of hydrogen-bond acceptors (Lipinski definition) is 7. The van der Waals surface area contributed by atoms with E-state index in [9.17, 15) is 24.3 Å². The number of rotatable bonds is 9. The van der Waals surface area contributed by atoms with Crippen molar-refractivity contribution in [2.45, 2.75) is 70.4 Å². The molecule has 0 aliphatic heterocycles. The first-order chi connectivity index (χ1) is 16.5. The van der Waals surface area contributed by atoms with Crippen molar-refractivity contribution in [3.05, 3.63) is 35.9 Å². The monoisotopic (exact) mass is 509 g/mol. The minimum absolute atomic E-state index is 0.0655. The van der Waals surface area contributed by atoms with E-state index in [2.05, 4.69) is 16.0 Å². The highest BCUT2D eigenvalue weighted by Gasteiger charge is 2.38. The van der Waals surface area contributed by atoms with Crippen LogP contribution in [0.4, 0.5) is 9.59 Å². The van der Waals surface area contributed by atoms with Crippen LogP contribution < -0.4 is 16.0 Å². The Morgan fingerprint density at radius 1 is 1.09 bits per heavy atom. The molecule has 4 unspecified atom stereocenters. The third-order valence-electron chi connectivity index (χ3n) is 5.37. The number of hydrogen-bond donors (Lipinski definition) is 4. The molecule has 4 N–H and O–H groups in total. The zero-order valence-corrected chi connectivity index (χ0v) is 21.4. The predicted octanol–water partition coefficient (Wildman–Crippen LogP) is 2.91. The lowest BCUT2D eigenvalue weighted by molar-refractivity contribution is -0.144. The van der Waals surface area contributed by atoms with E-state index < -0.39 is 47.7 Å². The van der Waals surface area contributed by atoms with E-state index in [0.717, 1.165) is 5.56 Å². The fourth-order valence-corrected chi connectivity index (χ4v) is 4.33. The van der Waals surface area contributed by atoms with Crippen LogP contribution in [0, 0.1) is 5.92 Å². The second-order valence-corrected chi connectivity index (χ2v) is 10.3. The second-order valence-electron chi connectivity index (χ2n) is 9.43. The number of carboxylic acid groups (broad SMARTS) is 1. The number of amides is 3. The third kappa shape index (κ3) is 10.1. The number of aliphatic carboxylic acids is 1. The van der Waals surface area contributed by atoms with Gasteiger partial charge in [0.05, 0.1) is 5.92 Å². The second kappa shape index (κ2) is 13.2. The number of carbonyl (C=O) groups is 4. The number of carboxylic acids is 1. The van der Waals surface area contributed by atoms with Gasteiger partial charge >= 0.3 is 18.2 Å². The van der Waals surface area contributed by atoms with E-state index in [4.69, 9.17) is 9.47 Å². The molecule has 0 bridgehead atoms. The molecule has 1 fully saturated rings. The number of carbonyl (C=O) groups excluding carboxylic acids is 3. The van der Waals surface area contributed by atoms with Crippen LogP contribution in [0.25, 0.3) is 0 Å². The van der Waals surface area contributed by atoms with Gasteiger partial charge in [0.15, 0.2) is 0 Å². The van der Waals surface area contributed by atoms with E-state index in [1.807, 2.05) is 30.3 Å². The fourth-order valence-electron chi connectivity index (χ4n) is 3.76. The van der Waals surface area contributed by atoms with Crippen molar-refractivity contribution in [1.82, 2.24) is 16.0 Å². The molecule has 0 aromatic heterocycles. The van der Waals surface area contributed by atoms with Gasteiger partial charge in [0.1, 0.15) is 18.2 Å². The summed E-state index contributed by atoms with van der Waals surface area (Å²) in [6, 6.07) is 7.25. The molecule has 4 atom stereocenters. The summed E-state index contributed by atoms with van der Waals surface area (Å²) < 4.78 is 10.5. The average molecular weight is 510 g/mol. The fraction of sp³-hybridized carbons (Fsp3) is 0.583. The van der Waals surface area contributed by atoms with Gasteiger partial charge in [-0.2, -0.15) is 11.8 Å². The molecule has 1 aliphatic carbocycles. The highest BCUT2D eigenvalue weighted by atomic mass is 32.2. The third-order valence-corrected chi connectivity index (χ3v) is 6.04. The van der Waals surface area contributed by atoms with Crippen LogP contribution in [-0.4, -0.2) is 64.9 Å². The zero-order chi connectivity index (χ0) is 26.0. The van der Waals surface area contributed by atoms with E-state index >= 15 is 0 Å². The van der Waals surface area contributed by atoms with Crippen molar-refractivity contribution in [2.75, 3.05) is 12.0 Å². The largest absolute Gasteiger partial charge is 0.481 e. The maximum Gasteiger partial charge on any atom is 0.408 e. The number of nitrogens with one attached hydrogen (secondary N) is 3. The SMILES string of the molecule is CSCC(NC(=O)OCc1ccccc1)C(=O)NC1CCC(NC(=O)OC(C)(C)C)CC1C(=O)O. The van der Waals surface area contributed by atoms with Gasteiger partial charge in [0.2, 0.25) is 5.91 Å². The molecular weight excluding hydrogens is 474 g/mol. The maximum atomic E-state index is 12.9. The maximum absolute atomic E-state index is 12.9. The van der Waals surface area contributed by atoms with Gasteiger partial charge < -0.3 is 30.5 Å². The van der Waals surface area contributed by atoms with Crippen molar-refractivity contribution < 1.29 is 33.8 Å². The molecule has 194 valence electrons. The minimum atomic E-state index is -1.07. The minimum Gasteiger partial charge on any atom is -0.481 e. The molecule has 0 heterocycles. The molecule has 1 aromatic carbocycles. The lowest BCUT2D eigenvalue weighted by Crippen LogP contribution is -2.56. The highest BCUT2D eigenvalue weighted by molar-refractivity contribution is 7.98. The summed E-state index contributed by atoms with van der Waals surface area (Å²) in [6.45, 7) is 5.30. The number of benzene rings is 1. The molecule has 0 spiro atoms. The Labute approximate surface area is 209 Å². The normalized spacial score (nSPS) is 20.7. The predicted molar refractivity (Wildman–Crippen MR) is 132 cm³/mol. The van der Waals surface area contributed by atoms with Crippen LogP contribution in [0.1, 0.15) is 45.6 Å². The number of thioether (sulfide) groups is 1. The number of alkyl carbamates (subject to hydrolysis) is 2. The summed E-state index contributed by atoms with van der Waals surface area (Å²) >= 11 is 1.37. The van der Waals surface area contributed by atoms with Gasteiger partial charge in [-0.15, -0.1) is 0 Å². The molecule has 35 heavy (non-hydrogen) atoms. The van der Waals surface area contributed by atoms with E-state index in [1.54, 1.807) is 27.0 Å². The molecule has 1 aliphatic rings. The van der Waals surface area contributed by atoms with Crippen LogP contribution in [0.2, 0.25) is 0 Å². The van der Waals surface area contributed by atoms with Crippen LogP contribution in [0.5, 0.6) is 0 Å². The highest BCUT2D eigenvalue weighted by Crippen LogP contribution is 2.26. The van der Waals surface area contributed by atoms with Gasteiger partial charge in [-0.1, -0.05) is 30.3 Å². The lowest BCUT2D eigenvalue weighted by Gasteiger charge is -2.35. The summed E-state index contributed by atoms with van der Waals surface area (Å²) in [5, 5.41) is 17.8. The van der Waals surface area contributed by atoms with Crippen molar-refractivity contribution in [2.24, 2.45) is 5.92 Å². The van der Waals surface area contributed by atoms with E-state index in [-0.39, 0.29) is 19.1 Å². The van der Waals surface area contributed by atoms with Gasteiger partial charge in [-0.3, -0.25) is 9.59 Å². The van der Waals surface area contributed by atoms with Gasteiger partial charge in [0, 0.05) is 17.8 Å². The Balaban J connectivity index is 1.92. The Morgan fingerprint density at radius 3 is 2.37 bits per heavy atom. The van der Waals surface area contributed by atoms with Crippen molar-refractivity contribution in [1.29, 1.82) is 0 Å². The summed E-state index contributed by atoms with van der Waals surface area (Å²) in [6.07, 6.45) is 1.45. The molecule has 1 saturated carbocycles. The summed E-state index contributed by atoms with van der Waals surface area (Å²) in [4.78, 5) is 49.1. The topological polar surface area (TPSA) is 143 Å². The van der Waals surface area contributed by atoms with Crippen LogP contribution in [0.15, 0.2) is 30.3 Å². The Hall–Kier alpha value is -2.95. The van der Waals surface area contributed by atoms with Crippen LogP contribution >= 0.6 is 11.8 Å². The van der Waals surface area contributed by atoms with E-state index in [1.165, 1.54) is 11.8 Å². The first kappa shape index (κ1) is 28.3. The first-order valence-electron chi connectivity index (χ1n) is 11.5. The molecule has 3 amide bonds. The first-order valence-corrected chi connectivity index (χ1v) is 12.9. The lowest BCUT2D eigenvalue weighted by atomic mass is 9.81. The standard InChI is InChI=1S/C24H35N3O7S/c1-24(2,3)34-23(32)25-16-10-11-18(17(12-16)21(29)30)26-20(28)19(14-35-4)27-22(31)33-13-15-8-6-5-7-9-15/h5-9,16-19H,10-14H2,1-4H3,(H,25,32)(H,26,28)(H,27,31)(H,29,30). The molecular formula is C24H35N3O7S. The van der Waals surface area contributed by atoms with Gasteiger partial charge in [-0.25, -0.2) is 9.59 Å². The molecule has 11 heteroatoms. The van der Waals surface area contributed by atoms with Crippen molar-refractivity contribution in [3.8, 4) is 0 Å². The van der Waals surface area contributed by atoms with Crippen LogP contribution in [-0.2, 0) is 25.7 Å². The Kier molecular flexibility index (Phi) is 10.7. The van der Waals surface area contributed by atoms with Gasteiger partial charge in [0.25, 0.3) is 0 Å². The van der Waals surface area contributed by atoms with Gasteiger partial charge in [-0.05, 0) is 51.9 Å². The van der Waals surface area contributed by atoms with Crippen LogP contribution in [0.3, 0.4) is 0 Å². The summed E-state index contributed by atoms with van der Waals surface area (Å²) in [7, 11) is 0. The summed E-state index contributed by atoms with van der Waals surface area (Å²) in [5.74, 6) is -2.15. The molecule has 10 nitrogen and oxygen atoms in total. The molecule has 0 radical (unpaired) electrons. The Bertz CT molecular complexity index is 876. The zero-order valence-electron chi connectivity index (χ0n) is 20.5. The quantitative estimate of drug-likeness (QED) is 0.398. The smallest absolute Gasteiger partial charge is 0.408 e. The summed E-state index contributed by atoms with van der Waals surface area (Å²) in [5.41, 5.74) is 0.151.